The van der Waals surface area contributed by atoms with E-state index in [2.05, 4.69) is 0 Å². The number of hydrogen-bond acceptors (Lipinski definition) is 1. The Morgan fingerprint density at radius 3 is 2.31 bits per heavy atom. The van der Waals surface area contributed by atoms with Crippen LogP contribution in [0.1, 0.15) is 5.56 Å². The zero-order valence-electron chi connectivity index (χ0n) is 5.99. The zero-order chi connectivity index (χ0) is 10.2. The average molecular weight is 322 g/mol. The van der Waals surface area contributed by atoms with Gasteiger partial charge in [0.25, 0.3) is 0 Å². The molecule has 1 nitrogen and oxygen atoms in total. The maximum Gasteiger partial charge on any atom is 0.417 e. The van der Waals surface area contributed by atoms with Gasteiger partial charge in [0.1, 0.15) is 5.75 Å². The predicted molar refractivity (Wildman–Crippen MR) is 50.8 cm³/mol. The normalized spacial score (nSPS) is 11.8. The van der Waals surface area contributed by atoms with E-state index in [9.17, 15) is 13.2 Å². The van der Waals surface area contributed by atoms with Crippen molar-refractivity contribution in [1.29, 1.82) is 0 Å². The molecule has 0 aliphatic heterocycles. The largest absolute Gasteiger partial charge is 0.507 e. The lowest BCUT2D eigenvalue weighted by Crippen LogP contribution is -2.05. The first-order valence-corrected chi connectivity index (χ1v) is 4.53. The Hall–Kier alpha value is -0.170. The van der Waals surface area contributed by atoms with Crippen molar-refractivity contribution in [1.82, 2.24) is 0 Å². The van der Waals surface area contributed by atoms with Crippen LogP contribution in [0, 0.1) is 3.57 Å². The molecule has 0 heterocycles. The van der Waals surface area contributed by atoms with Gasteiger partial charge in [0, 0.05) is 0 Å². The van der Waals surface area contributed by atoms with E-state index < -0.39 is 22.5 Å². The first kappa shape index (κ1) is 10.9. The van der Waals surface area contributed by atoms with Gasteiger partial charge in [-0.2, -0.15) is 13.2 Å². The molecule has 0 atom stereocenters. The van der Waals surface area contributed by atoms with Crippen LogP contribution < -0.4 is 0 Å². The molecule has 1 rings (SSSR count). The number of benzene rings is 1. The summed E-state index contributed by atoms with van der Waals surface area (Å²) in [5, 5.41) is 8.61. The van der Waals surface area contributed by atoms with Crippen molar-refractivity contribution in [2.75, 3.05) is 0 Å². The number of rotatable bonds is 0. The van der Waals surface area contributed by atoms with E-state index in [4.69, 9.17) is 16.7 Å². The summed E-state index contributed by atoms with van der Waals surface area (Å²) in [6.07, 6.45) is -4.53. The third-order valence-electron chi connectivity index (χ3n) is 1.34. The van der Waals surface area contributed by atoms with Gasteiger partial charge >= 0.3 is 6.18 Å². The second-order valence-corrected chi connectivity index (χ2v) is 3.85. The van der Waals surface area contributed by atoms with Crippen molar-refractivity contribution in [2.24, 2.45) is 0 Å². The molecule has 1 aromatic rings. The van der Waals surface area contributed by atoms with Gasteiger partial charge in [-0.05, 0) is 34.7 Å². The van der Waals surface area contributed by atoms with E-state index >= 15 is 0 Å². The Bertz CT molecular complexity index is 337. The molecular formula is C7H3ClF3IO. The molecule has 0 radical (unpaired) electrons. The minimum atomic E-state index is -4.53. The van der Waals surface area contributed by atoms with Gasteiger partial charge in [0.05, 0.1) is 14.2 Å². The van der Waals surface area contributed by atoms with Crippen LogP contribution in [-0.2, 0) is 6.18 Å². The van der Waals surface area contributed by atoms with Crippen molar-refractivity contribution in [3.63, 3.8) is 0 Å². The Labute approximate surface area is 90.7 Å². The van der Waals surface area contributed by atoms with Crippen molar-refractivity contribution in [3.8, 4) is 5.75 Å². The standard InChI is InChI=1S/C7H3ClF3IO/c8-4-2-5(12)6(13)1-3(4)7(9,10)11/h1-2,13H. The van der Waals surface area contributed by atoms with E-state index in [0.29, 0.717) is 6.07 Å². The number of phenolic OH excluding ortho intramolecular Hbond substituents is 1. The fourth-order valence-electron chi connectivity index (χ4n) is 0.755. The van der Waals surface area contributed by atoms with Crippen LogP contribution in [0.25, 0.3) is 0 Å². The van der Waals surface area contributed by atoms with Crippen LogP contribution >= 0.6 is 34.2 Å². The van der Waals surface area contributed by atoms with E-state index in [-0.39, 0.29) is 3.57 Å². The van der Waals surface area contributed by atoms with Crippen LogP contribution in [0.4, 0.5) is 13.2 Å². The zero-order valence-corrected chi connectivity index (χ0v) is 8.91. The van der Waals surface area contributed by atoms with Crippen molar-refractivity contribution >= 4 is 34.2 Å². The summed E-state index contributed by atoms with van der Waals surface area (Å²) in [4.78, 5) is 0. The highest BCUT2D eigenvalue weighted by Crippen LogP contribution is 2.38. The van der Waals surface area contributed by atoms with Gasteiger partial charge < -0.3 is 5.11 Å². The lowest BCUT2D eigenvalue weighted by molar-refractivity contribution is -0.137. The minimum absolute atomic E-state index is 0.288. The van der Waals surface area contributed by atoms with E-state index in [1.54, 1.807) is 22.6 Å². The molecule has 0 spiro atoms. The van der Waals surface area contributed by atoms with Gasteiger partial charge in [0.15, 0.2) is 0 Å². The molecule has 6 heteroatoms. The average Bonchev–Trinajstić information content (AvgIpc) is 1.94. The van der Waals surface area contributed by atoms with Crippen LogP contribution in [-0.4, -0.2) is 5.11 Å². The smallest absolute Gasteiger partial charge is 0.417 e. The van der Waals surface area contributed by atoms with Gasteiger partial charge in [0.2, 0.25) is 0 Å². The molecule has 1 aromatic carbocycles. The van der Waals surface area contributed by atoms with E-state index in [0.717, 1.165) is 6.07 Å². The summed E-state index contributed by atoms with van der Waals surface area (Å²) >= 11 is 7.04. The molecule has 0 saturated heterocycles. The second kappa shape index (κ2) is 3.53. The summed E-state index contributed by atoms with van der Waals surface area (Å²) in [7, 11) is 0. The Morgan fingerprint density at radius 1 is 1.31 bits per heavy atom. The van der Waals surface area contributed by atoms with Crippen LogP contribution in [0.3, 0.4) is 0 Å². The predicted octanol–water partition coefficient (Wildman–Crippen LogP) is 3.67. The Morgan fingerprint density at radius 2 is 1.85 bits per heavy atom. The third-order valence-corrected chi connectivity index (χ3v) is 2.52. The molecule has 72 valence electrons. The van der Waals surface area contributed by atoms with Gasteiger partial charge in [-0.15, -0.1) is 0 Å². The quantitative estimate of drug-likeness (QED) is 0.723. The highest BCUT2D eigenvalue weighted by Gasteiger charge is 2.33. The van der Waals surface area contributed by atoms with Gasteiger partial charge in [-0.3, -0.25) is 0 Å². The fourth-order valence-corrected chi connectivity index (χ4v) is 1.68. The fraction of sp³-hybridized carbons (Fsp3) is 0.143. The molecule has 0 bridgehead atoms. The summed E-state index contributed by atoms with van der Waals surface area (Å²) in [5.74, 6) is -0.419. The van der Waals surface area contributed by atoms with Crippen molar-refractivity contribution in [2.45, 2.75) is 6.18 Å². The number of phenols is 1. The lowest BCUT2D eigenvalue weighted by Gasteiger charge is -2.09. The molecule has 0 unspecified atom stereocenters. The lowest BCUT2D eigenvalue weighted by atomic mass is 10.2. The minimum Gasteiger partial charge on any atom is -0.507 e. The molecule has 0 saturated carbocycles. The number of halogens is 5. The highest BCUT2D eigenvalue weighted by molar-refractivity contribution is 14.1. The Kier molecular flexibility index (Phi) is 2.96. The van der Waals surface area contributed by atoms with Gasteiger partial charge in [-0.25, -0.2) is 0 Å². The van der Waals surface area contributed by atoms with Crippen molar-refractivity contribution < 1.29 is 18.3 Å². The molecule has 0 aromatic heterocycles. The first-order valence-electron chi connectivity index (χ1n) is 3.07. The molecule has 0 aliphatic rings. The molecular weight excluding hydrogens is 319 g/mol. The summed E-state index contributed by atoms with van der Waals surface area (Å²) in [6.45, 7) is 0. The highest BCUT2D eigenvalue weighted by atomic mass is 127. The van der Waals surface area contributed by atoms with Crippen molar-refractivity contribution in [3.05, 3.63) is 26.3 Å². The van der Waals surface area contributed by atoms with Crippen LogP contribution in [0.5, 0.6) is 5.75 Å². The SMILES string of the molecule is Oc1cc(C(F)(F)F)c(Cl)cc1I. The summed E-state index contributed by atoms with van der Waals surface area (Å²) in [5.41, 5.74) is -1.02. The number of aromatic hydroxyl groups is 1. The summed E-state index contributed by atoms with van der Waals surface area (Å²) < 4.78 is 36.8. The maximum absolute atomic E-state index is 12.2. The maximum atomic E-state index is 12.2. The number of hydrogen-bond donors (Lipinski definition) is 1. The van der Waals surface area contributed by atoms with Gasteiger partial charge in [-0.1, -0.05) is 11.6 Å². The van der Waals surface area contributed by atoms with Crippen LogP contribution in [0.15, 0.2) is 12.1 Å². The third kappa shape index (κ3) is 2.40. The van der Waals surface area contributed by atoms with E-state index in [1.807, 2.05) is 0 Å². The second-order valence-electron chi connectivity index (χ2n) is 2.28. The first-order chi connectivity index (χ1) is 5.82. The molecule has 0 amide bonds. The molecule has 0 fully saturated rings. The van der Waals surface area contributed by atoms with E-state index in [1.165, 1.54) is 0 Å². The summed E-state index contributed by atoms with van der Waals surface area (Å²) in [6, 6.07) is 1.68. The topological polar surface area (TPSA) is 20.2 Å². The number of alkyl halides is 3. The Balaban J connectivity index is 3.32. The van der Waals surface area contributed by atoms with Crippen LogP contribution in [0.2, 0.25) is 5.02 Å². The molecule has 0 aliphatic carbocycles. The monoisotopic (exact) mass is 322 g/mol. The molecule has 1 N–H and O–H groups in total. The molecule has 13 heavy (non-hydrogen) atoms.